The Kier molecular flexibility index (Phi) is 4.15. The molecule has 2 N–H and O–H groups in total. The molecule has 0 saturated heterocycles. The van der Waals surface area contributed by atoms with Crippen molar-refractivity contribution in [2.75, 3.05) is 10.6 Å². The zero-order valence-corrected chi connectivity index (χ0v) is 10.6. The van der Waals surface area contributed by atoms with E-state index in [2.05, 4.69) is 10.6 Å². The van der Waals surface area contributed by atoms with Crippen LogP contribution in [0.5, 0.6) is 0 Å². The SMILES string of the molecule is O=CNc1ccc(NC(=O)c2cccc(Cl)c2)cc1. The van der Waals surface area contributed by atoms with Crippen LogP contribution in [0.1, 0.15) is 10.4 Å². The molecule has 96 valence electrons. The summed E-state index contributed by atoms with van der Waals surface area (Å²) >= 11 is 5.83. The van der Waals surface area contributed by atoms with Crippen LogP contribution in [-0.4, -0.2) is 12.3 Å². The Bertz CT molecular complexity index is 597. The lowest BCUT2D eigenvalue weighted by molar-refractivity contribution is -0.105. The van der Waals surface area contributed by atoms with Crippen molar-refractivity contribution in [1.82, 2.24) is 0 Å². The number of benzene rings is 2. The highest BCUT2D eigenvalue weighted by Crippen LogP contribution is 2.15. The third-order valence-corrected chi connectivity index (χ3v) is 2.69. The van der Waals surface area contributed by atoms with E-state index in [4.69, 9.17) is 11.6 Å². The molecule has 0 bridgehead atoms. The van der Waals surface area contributed by atoms with Crippen LogP contribution in [0, 0.1) is 0 Å². The number of amides is 2. The Morgan fingerprint density at radius 2 is 1.74 bits per heavy atom. The highest BCUT2D eigenvalue weighted by Gasteiger charge is 2.06. The Morgan fingerprint density at radius 1 is 1.05 bits per heavy atom. The third-order valence-electron chi connectivity index (χ3n) is 2.46. The molecule has 0 atom stereocenters. The van der Waals surface area contributed by atoms with Crippen molar-refractivity contribution in [2.45, 2.75) is 0 Å². The fourth-order valence-corrected chi connectivity index (χ4v) is 1.74. The molecule has 0 aromatic heterocycles. The molecule has 4 nitrogen and oxygen atoms in total. The number of anilines is 2. The van der Waals surface area contributed by atoms with Gasteiger partial charge in [-0.3, -0.25) is 9.59 Å². The van der Waals surface area contributed by atoms with E-state index in [0.29, 0.717) is 28.4 Å². The van der Waals surface area contributed by atoms with Gasteiger partial charge in [-0.25, -0.2) is 0 Å². The van der Waals surface area contributed by atoms with Crippen molar-refractivity contribution in [3.8, 4) is 0 Å². The Morgan fingerprint density at radius 3 is 2.37 bits per heavy atom. The van der Waals surface area contributed by atoms with Gasteiger partial charge in [0.05, 0.1) is 0 Å². The largest absolute Gasteiger partial charge is 0.329 e. The normalized spacial score (nSPS) is 9.74. The first kappa shape index (κ1) is 13.1. The van der Waals surface area contributed by atoms with E-state index in [-0.39, 0.29) is 5.91 Å². The minimum atomic E-state index is -0.237. The summed E-state index contributed by atoms with van der Waals surface area (Å²) in [5.74, 6) is -0.237. The summed E-state index contributed by atoms with van der Waals surface area (Å²) in [4.78, 5) is 22.2. The van der Waals surface area contributed by atoms with Crippen molar-refractivity contribution in [3.05, 3.63) is 59.1 Å². The molecule has 5 heteroatoms. The molecule has 0 saturated carbocycles. The van der Waals surface area contributed by atoms with E-state index in [1.165, 1.54) is 0 Å². The standard InChI is InChI=1S/C14H11ClN2O2/c15-11-3-1-2-10(8-11)14(19)17-13-6-4-12(5-7-13)16-9-18/h1-9H,(H,16,18)(H,17,19). The van der Waals surface area contributed by atoms with Crippen molar-refractivity contribution in [3.63, 3.8) is 0 Å². The maximum atomic E-state index is 11.9. The molecule has 2 amide bonds. The lowest BCUT2D eigenvalue weighted by atomic mass is 10.2. The molecule has 2 aromatic rings. The van der Waals surface area contributed by atoms with Gasteiger partial charge in [0, 0.05) is 22.0 Å². The first-order valence-corrected chi connectivity index (χ1v) is 5.94. The van der Waals surface area contributed by atoms with Crippen molar-refractivity contribution >= 4 is 35.3 Å². The summed E-state index contributed by atoms with van der Waals surface area (Å²) in [7, 11) is 0. The molecule has 0 heterocycles. The Balaban J connectivity index is 2.08. The van der Waals surface area contributed by atoms with Crippen LogP contribution < -0.4 is 10.6 Å². The van der Waals surface area contributed by atoms with E-state index in [9.17, 15) is 9.59 Å². The second-order valence-corrected chi connectivity index (χ2v) is 4.24. The van der Waals surface area contributed by atoms with Gasteiger partial charge in [-0.05, 0) is 42.5 Å². The van der Waals surface area contributed by atoms with Gasteiger partial charge in [-0.15, -0.1) is 0 Å². The highest BCUT2D eigenvalue weighted by molar-refractivity contribution is 6.31. The minimum Gasteiger partial charge on any atom is -0.329 e. The van der Waals surface area contributed by atoms with Crippen LogP contribution in [-0.2, 0) is 4.79 Å². The van der Waals surface area contributed by atoms with Crippen LogP contribution in [0.15, 0.2) is 48.5 Å². The molecule has 0 spiro atoms. The molecule has 0 unspecified atom stereocenters. The van der Waals surface area contributed by atoms with Crippen LogP contribution in [0.4, 0.5) is 11.4 Å². The molecular weight excluding hydrogens is 264 g/mol. The molecular formula is C14H11ClN2O2. The van der Waals surface area contributed by atoms with E-state index >= 15 is 0 Å². The lowest BCUT2D eigenvalue weighted by Crippen LogP contribution is -2.11. The van der Waals surface area contributed by atoms with Gasteiger partial charge >= 0.3 is 0 Å². The van der Waals surface area contributed by atoms with E-state index in [1.54, 1.807) is 48.5 Å². The molecule has 0 aliphatic rings. The van der Waals surface area contributed by atoms with Gasteiger partial charge in [0.1, 0.15) is 0 Å². The molecule has 2 aromatic carbocycles. The van der Waals surface area contributed by atoms with Crippen LogP contribution >= 0.6 is 11.6 Å². The van der Waals surface area contributed by atoms with E-state index in [0.717, 1.165) is 0 Å². The van der Waals surface area contributed by atoms with Crippen LogP contribution in [0.2, 0.25) is 5.02 Å². The topological polar surface area (TPSA) is 58.2 Å². The average Bonchev–Trinajstić information content (AvgIpc) is 2.41. The summed E-state index contributed by atoms with van der Waals surface area (Å²) in [6, 6.07) is 13.5. The predicted octanol–water partition coefficient (Wildman–Crippen LogP) is 3.16. The van der Waals surface area contributed by atoms with Gasteiger partial charge in [0.15, 0.2) is 0 Å². The van der Waals surface area contributed by atoms with Crippen molar-refractivity contribution in [1.29, 1.82) is 0 Å². The highest BCUT2D eigenvalue weighted by atomic mass is 35.5. The van der Waals surface area contributed by atoms with Gasteiger partial charge in [-0.2, -0.15) is 0 Å². The monoisotopic (exact) mass is 274 g/mol. The minimum absolute atomic E-state index is 0.237. The van der Waals surface area contributed by atoms with Crippen LogP contribution in [0.3, 0.4) is 0 Å². The smallest absolute Gasteiger partial charge is 0.255 e. The lowest BCUT2D eigenvalue weighted by Gasteiger charge is -2.06. The average molecular weight is 275 g/mol. The van der Waals surface area contributed by atoms with Gasteiger partial charge in [-0.1, -0.05) is 17.7 Å². The first-order valence-electron chi connectivity index (χ1n) is 5.56. The third kappa shape index (κ3) is 3.56. The first-order chi connectivity index (χ1) is 9.19. The van der Waals surface area contributed by atoms with Crippen molar-refractivity contribution in [2.24, 2.45) is 0 Å². The van der Waals surface area contributed by atoms with Gasteiger partial charge in [0.2, 0.25) is 6.41 Å². The summed E-state index contributed by atoms with van der Waals surface area (Å²) in [5.41, 5.74) is 1.79. The van der Waals surface area contributed by atoms with Gasteiger partial charge in [0.25, 0.3) is 5.91 Å². The van der Waals surface area contributed by atoms with E-state index in [1.807, 2.05) is 0 Å². The maximum Gasteiger partial charge on any atom is 0.255 e. The predicted molar refractivity (Wildman–Crippen MR) is 75.5 cm³/mol. The molecule has 0 fully saturated rings. The van der Waals surface area contributed by atoms with Gasteiger partial charge < -0.3 is 10.6 Å². The number of rotatable bonds is 4. The summed E-state index contributed by atoms with van der Waals surface area (Å²) < 4.78 is 0. The number of hydrogen-bond donors (Lipinski definition) is 2. The second-order valence-electron chi connectivity index (χ2n) is 3.80. The molecule has 0 aliphatic carbocycles. The fourth-order valence-electron chi connectivity index (χ4n) is 1.55. The Hall–Kier alpha value is -2.33. The summed E-state index contributed by atoms with van der Waals surface area (Å²) in [6.07, 6.45) is 0.597. The van der Waals surface area contributed by atoms with Crippen LogP contribution in [0.25, 0.3) is 0 Å². The number of carbonyl (C=O) groups excluding carboxylic acids is 2. The van der Waals surface area contributed by atoms with Crippen molar-refractivity contribution < 1.29 is 9.59 Å². The molecule has 0 radical (unpaired) electrons. The molecule has 2 rings (SSSR count). The number of carbonyl (C=O) groups is 2. The number of nitrogens with one attached hydrogen (secondary N) is 2. The quantitative estimate of drug-likeness (QED) is 0.842. The maximum absolute atomic E-state index is 11.9. The summed E-state index contributed by atoms with van der Waals surface area (Å²) in [6.45, 7) is 0. The molecule has 0 aliphatic heterocycles. The molecule has 19 heavy (non-hydrogen) atoms. The number of halogens is 1. The Labute approximate surface area is 115 Å². The van der Waals surface area contributed by atoms with E-state index < -0.39 is 0 Å². The number of hydrogen-bond acceptors (Lipinski definition) is 2. The zero-order chi connectivity index (χ0) is 13.7. The summed E-state index contributed by atoms with van der Waals surface area (Å²) in [5, 5.41) is 5.77. The zero-order valence-electron chi connectivity index (χ0n) is 9.89. The fraction of sp³-hybridized carbons (Fsp3) is 0. The second kappa shape index (κ2) is 6.02.